The number of hydrogen-bond donors (Lipinski definition) is 2. The number of hydrogen-bond acceptors (Lipinski definition) is 5. The Morgan fingerprint density at radius 1 is 1.26 bits per heavy atom. The molecule has 1 heterocycles. The van der Waals surface area contributed by atoms with Crippen LogP contribution in [0.5, 0.6) is 5.75 Å². The molecule has 27 heavy (non-hydrogen) atoms. The van der Waals surface area contributed by atoms with E-state index in [9.17, 15) is 19.5 Å². The molecule has 2 N–H and O–H groups in total. The zero-order chi connectivity index (χ0) is 20.1. The average Bonchev–Trinajstić information content (AvgIpc) is 2.56. The Morgan fingerprint density at radius 3 is 2.56 bits per heavy atom. The lowest BCUT2D eigenvalue weighted by molar-refractivity contribution is -0.143. The van der Waals surface area contributed by atoms with Crippen molar-refractivity contribution in [2.75, 3.05) is 6.61 Å². The summed E-state index contributed by atoms with van der Waals surface area (Å²) in [5.74, 6) is -1.44. The van der Waals surface area contributed by atoms with E-state index in [1.165, 1.54) is 6.07 Å². The predicted octanol–water partition coefficient (Wildman–Crippen LogP) is 2.66. The SMILES string of the molecule is CCCc1cc(=O)oc2cc(C)cc(OCC(=O)NC(C(=O)O)C(C)C)c12. The van der Waals surface area contributed by atoms with Gasteiger partial charge in [-0.3, -0.25) is 4.79 Å². The smallest absolute Gasteiger partial charge is 0.336 e. The van der Waals surface area contributed by atoms with Crippen molar-refractivity contribution in [3.8, 4) is 5.75 Å². The normalized spacial score (nSPS) is 12.2. The number of carbonyl (C=O) groups is 2. The quantitative estimate of drug-likeness (QED) is 0.687. The first-order valence-electron chi connectivity index (χ1n) is 8.95. The van der Waals surface area contributed by atoms with Gasteiger partial charge in [0.15, 0.2) is 6.61 Å². The van der Waals surface area contributed by atoms with E-state index in [4.69, 9.17) is 9.15 Å². The van der Waals surface area contributed by atoms with Crippen LogP contribution in [0.2, 0.25) is 0 Å². The van der Waals surface area contributed by atoms with Gasteiger partial charge in [-0.2, -0.15) is 0 Å². The molecule has 1 unspecified atom stereocenters. The second-order valence-electron chi connectivity index (χ2n) is 6.89. The van der Waals surface area contributed by atoms with Crippen molar-refractivity contribution in [3.05, 3.63) is 39.7 Å². The van der Waals surface area contributed by atoms with Gasteiger partial charge >= 0.3 is 11.6 Å². The molecule has 0 radical (unpaired) electrons. The standard InChI is InChI=1S/C20H25NO6/c1-5-6-13-9-17(23)27-15-8-12(4)7-14(18(13)15)26-10-16(22)21-19(11(2)3)20(24)25/h7-9,11,19H,5-6,10H2,1-4H3,(H,21,22)(H,24,25). The van der Waals surface area contributed by atoms with Gasteiger partial charge in [0.05, 0.1) is 5.39 Å². The van der Waals surface area contributed by atoms with E-state index in [0.29, 0.717) is 23.1 Å². The topological polar surface area (TPSA) is 106 Å². The van der Waals surface area contributed by atoms with Crippen LogP contribution in [0.3, 0.4) is 0 Å². The van der Waals surface area contributed by atoms with Gasteiger partial charge in [0, 0.05) is 6.07 Å². The van der Waals surface area contributed by atoms with Crippen molar-refractivity contribution in [2.24, 2.45) is 5.92 Å². The summed E-state index contributed by atoms with van der Waals surface area (Å²) < 4.78 is 11.0. The highest BCUT2D eigenvalue weighted by Gasteiger charge is 2.23. The maximum absolute atomic E-state index is 12.1. The van der Waals surface area contributed by atoms with Gasteiger partial charge in [0.25, 0.3) is 5.91 Å². The molecule has 0 fully saturated rings. The maximum Gasteiger partial charge on any atom is 0.336 e. The van der Waals surface area contributed by atoms with Gasteiger partial charge < -0.3 is 19.6 Å². The zero-order valence-corrected chi connectivity index (χ0v) is 16.0. The summed E-state index contributed by atoms with van der Waals surface area (Å²) in [5, 5.41) is 12.3. The number of fused-ring (bicyclic) bond motifs is 1. The van der Waals surface area contributed by atoms with Crippen molar-refractivity contribution in [1.29, 1.82) is 0 Å². The number of carboxylic acids is 1. The minimum absolute atomic E-state index is 0.253. The molecule has 0 bridgehead atoms. The van der Waals surface area contributed by atoms with Crippen LogP contribution in [0.15, 0.2) is 27.4 Å². The molecule has 1 aromatic carbocycles. The van der Waals surface area contributed by atoms with Crippen LogP contribution in [0.25, 0.3) is 11.0 Å². The second kappa shape index (κ2) is 8.70. The van der Waals surface area contributed by atoms with Crippen molar-refractivity contribution in [1.82, 2.24) is 5.32 Å². The van der Waals surface area contributed by atoms with Gasteiger partial charge in [0.2, 0.25) is 0 Å². The van der Waals surface area contributed by atoms with Gasteiger partial charge in [-0.05, 0) is 42.5 Å². The number of carboxylic acid groups (broad SMARTS) is 1. The summed E-state index contributed by atoms with van der Waals surface area (Å²) in [7, 11) is 0. The minimum Gasteiger partial charge on any atom is -0.483 e. The maximum atomic E-state index is 12.1. The summed E-state index contributed by atoms with van der Waals surface area (Å²) in [6.45, 7) is 6.93. The molecule has 7 nitrogen and oxygen atoms in total. The Bertz CT molecular complexity index is 899. The molecule has 2 aromatic rings. The number of ether oxygens (including phenoxy) is 1. The summed E-state index contributed by atoms with van der Waals surface area (Å²) in [4.78, 5) is 35.2. The van der Waals surface area contributed by atoms with Crippen molar-refractivity contribution in [3.63, 3.8) is 0 Å². The van der Waals surface area contributed by atoms with E-state index in [0.717, 1.165) is 17.5 Å². The van der Waals surface area contributed by atoms with E-state index in [-0.39, 0.29) is 12.5 Å². The molecule has 0 saturated heterocycles. The summed E-state index contributed by atoms with van der Waals surface area (Å²) in [6.07, 6.45) is 1.50. The van der Waals surface area contributed by atoms with E-state index in [1.807, 2.05) is 13.8 Å². The molecular weight excluding hydrogens is 350 g/mol. The Hall–Kier alpha value is -2.83. The molecule has 1 aromatic heterocycles. The van der Waals surface area contributed by atoms with Crippen molar-refractivity contribution < 1.29 is 23.8 Å². The molecule has 146 valence electrons. The number of rotatable bonds is 8. The molecular formula is C20H25NO6. The third kappa shape index (κ3) is 5.09. The van der Waals surface area contributed by atoms with E-state index in [1.54, 1.807) is 26.0 Å². The fourth-order valence-corrected chi connectivity index (χ4v) is 2.92. The number of aryl methyl sites for hydroxylation is 2. The third-order valence-electron chi connectivity index (χ3n) is 4.16. The molecule has 2 rings (SSSR count). The number of aliphatic carboxylic acids is 1. The largest absolute Gasteiger partial charge is 0.483 e. The fourth-order valence-electron chi connectivity index (χ4n) is 2.92. The highest BCUT2D eigenvalue weighted by molar-refractivity contribution is 5.89. The molecule has 0 saturated carbocycles. The van der Waals surface area contributed by atoms with Crippen LogP contribution in [0, 0.1) is 12.8 Å². The molecule has 7 heteroatoms. The molecule has 0 aliphatic rings. The van der Waals surface area contributed by atoms with Crippen LogP contribution < -0.4 is 15.7 Å². The lowest BCUT2D eigenvalue weighted by atomic mass is 10.0. The number of carbonyl (C=O) groups excluding carboxylic acids is 1. The van der Waals surface area contributed by atoms with Gasteiger partial charge in [-0.25, -0.2) is 9.59 Å². The lowest BCUT2D eigenvalue weighted by Crippen LogP contribution is -2.46. The van der Waals surface area contributed by atoms with Crippen molar-refractivity contribution in [2.45, 2.75) is 46.6 Å². The highest BCUT2D eigenvalue weighted by atomic mass is 16.5. The van der Waals surface area contributed by atoms with Crippen LogP contribution in [0.1, 0.15) is 38.3 Å². The van der Waals surface area contributed by atoms with Crippen LogP contribution in [-0.4, -0.2) is 29.6 Å². The molecule has 1 atom stereocenters. The molecule has 0 spiro atoms. The lowest BCUT2D eigenvalue weighted by Gasteiger charge is -2.18. The van der Waals surface area contributed by atoms with E-state index < -0.39 is 23.5 Å². The Balaban J connectivity index is 2.29. The summed E-state index contributed by atoms with van der Waals surface area (Å²) in [6, 6.07) is 3.98. The number of benzene rings is 1. The third-order valence-corrected chi connectivity index (χ3v) is 4.16. The van der Waals surface area contributed by atoms with Gasteiger partial charge in [-0.15, -0.1) is 0 Å². The van der Waals surface area contributed by atoms with Crippen molar-refractivity contribution >= 4 is 22.8 Å². The highest BCUT2D eigenvalue weighted by Crippen LogP contribution is 2.30. The Morgan fingerprint density at radius 2 is 1.96 bits per heavy atom. The first kappa shape index (κ1) is 20.5. The summed E-state index contributed by atoms with van der Waals surface area (Å²) in [5.41, 5.74) is 1.60. The van der Waals surface area contributed by atoms with Crippen LogP contribution >= 0.6 is 0 Å². The van der Waals surface area contributed by atoms with E-state index >= 15 is 0 Å². The van der Waals surface area contributed by atoms with Crippen LogP contribution in [0.4, 0.5) is 0 Å². The minimum atomic E-state index is -1.09. The number of amides is 1. The van der Waals surface area contributed by atoms with E-state index in [2.05, 4.69) is 5.32 Å². The summed E-state index contributed by atoms with van der Waals surface area (Å²) >= 11 is 0. The molecule has 0 aliphatic carbocycles. The Labute approximate surface area is 157 Å². The van der Waals surface area contributed by atoms with Crippen LogP contribution in [-0.2, 0) is 16.0 Å². The molecule has 1 amide bonds. The monoisotopic (exact) mass is 375 g/mol. The predicted molar refractivity (Wildman–Crippen MR) is 101 cm³/mol. The van der Waals surface area contributed by atoms with Gasteiger partial charge in [0.1, 0.15) is 17.4 Å². The fraction of sp³-hybridized carbons (Fsp3) is 0.450. The number of nitrogens with one attached hydrogen (secondary N) is 1. The first-order chi connectivity index (χ1) is 12.7. The second-order valence-corrected chi connectivity index (χ2v) is 6.89. The van der Waals surface area contributed by atoms with Gasteiger partial charge in [-0.1, -0.05) is 27.2 Å². The molecule has 0 aliphatic heterocycles. The zero-order valence-electron chi connectivity index (χ0n) is 16.0. The average molecular weight is 375 g/mol. The first-order valence-corrected chi connectivity index (χ1v) is 8.95. The Kier molecular flexibility index (Phi) is 6.60.